The molecule has 1 N–H and O–H groups in total. The molecule has 0 aromatic carbocycles. The van der Waals surface area contributed by atoms with Crippen LogP contribution in [0.3, 0.4) is 0 Å². The second-order valence-corrected chi connectivity index (χ2v) is 3.56. The summed E-state index contributed by atoms with van der Waals surface area (Å²) in [5, 5.41) is 8.75. The predicted octanol–water partition coefficient (Wildman–Crippen LogP) is 1.60. The zero-order valence-corrected chi connectivity index (χ0v) is 9.34. The number of rotatable bonds is 5. The third-order valence-electron chi connectivity index (χ3n) is 2.42. The molecular weight excluding hydrogens is 210 g/mol. The summed E-state index contributed by atoms with van der Waals surface area (Å²) in [6.45, 7) is 3.40. The van der Waals surface area contributed by atoms with Gasteiger partial charge in [-0.1, -0.05) is 6.92 Å². The standard InChI is InChI=1S/C11H15NO4/c1-3-8(2)12(7-10(13)14)11(15)9-5-4-6-16-9/h4-6,8H,3,7H2,1-2H3,(H,13,14). The Balaban J connectivity index is 2.84. The largest absolute Gasteiger partial charge is 0.480 e. The molecule has 0 spiro atoms. The lowest BCUT2D eigenvalue weighted by Gasteiger charge is -2.25. The zero-order chi connectivity index (χ0) is 12.1. The Hall–Kier alpha value is -1.78. The van der Waals surface area contributed by atoms with Crippen molar-refractivity contribution in [1.29, 1.82) is 0 Å². The van der Waals surface area contributed by atoms with Crippen LogP contribution in [-0.2, 0) is 4.79 Å². The molecule has 1 atom stereocenters. The molecule has 0 saturated heterocycles. The van der Waals surface area contributed by atoms with Crippen LogP contribution >= 0.6 is 0 Å². The summed E-state index contributed by atoms with van der Waals surface area (Å²) in [7, 11) is 0. The van der Waals surface area contributed by atoms with Crippen molar-refractivity contribution >= 4 is 11.9 Å². The van der Waals surface area contributed by atoms with E-state index in [4.69, 9.17) is 9.52 Å². The van der Waals surface area contributed by atoms with Crippen LogP contribution in [0.5, 0.6) is 0 Å². The van der Waals surface area contributed by atoms with E-state index in [1.165, 1.54) is 17.2 Å². The molecule has 0 fully saturated rings. The van der Waals surface area contributed by atoms with Crippen molar-refractivity contribution in [2.24, 2.45) is 0 Å². The third kappa shape index (κ3) is 2.85. The molecule has 0 saturated carbocycles. The highest BCUT2D eigenvalue weighted by molar-refractivity contribution is 5.93. The Morgan fingerprint density at radius 2 is 2.25 bits per heavy atom. The highest BCUT2D eigenvalue weighted by atomic mass is 16.4. The lowest BCUT2D eigenvalue weighted by atomic mass is 10.2. The minimum Gasteiger partial charge on any atom is -0.480 e. The number of carbonyl (C=O) groups is 2. The van der Waals surface area contributed by atoms with Gasteiger partial charge in [-0.3, -0.25) is 9.59 Å². The van der Waals surface area contributed by atoms with Crippen LogP contribution in [-0.4, -0.2) is 34.5 Å². The molecule has 5 heteroatoms. The van der Waals surface area contributed by atoms with Crippen molar-refractivity contribution in [2.75, 3.05) is 6.54 Å². The number of hydrogen-bond acceptors (Lipinski definition) is 3. The maximum atomic E-state index is 11.9. The summed E-state index contributed by atoms with van der Waals surface area (Å²) in [5.74, 6) is -1.25. The van der Waals surface area contributed by atoms with E-state index in [1.54, 1.807) is 6.07 Å². The fourth-order valence-corrected chi connectivity index (χ4v) is 1.34. The van der Waals surface area contributed by atoms with Gasteiger partial charge in [0.2, 0.25) is 0 Å². The van der Waals surface area contributed by atoms with Gasteiger partial charge in [0, 0.05) is 6.04 Å². The highest BCUT2D eigenvalue weighted by Crippen LogP contribution is 2.11. The first-order chi connectivity index (χ1) is 7.56. The summed E-state index contributed by atoms with van der Waals surface area (Å²) < 4.78 is 4.97. The third-order valence-corrected chi connectivity index (χ3v) is 2.42. The molecule has 1 aromatic heterocycles. The SMILES string of the molecule is CCC(C)N(CC(=O)O)C(=O)c1ccco1. The first kappa shape index (κ1) is 12.3. The van der Waals surface area contributed by atoms with Gasteiger partial charge in [-0.05, 0) is 25.5 Å². The summed E-state index contributed by atoms with van der Waals surface area (Å²) >= 11 is 0. The van der Waals surface area contributed by atoms with Crippen molar-refractivity contribution in [2.45, 2.75) is 26.3 Å². The topological polar surface area (TPSA) is 70.8 Å². The monoisotopic (exact) mass is 225 g/mol. The van der Waals surface area contributed by atoms with E-state index in [2.05, 4.69) is 0 Å². The summed E-state index contributed by atoms with van der Waals surface area (Å²) in [4.78, 5) is 23.9. The summed E-state index contributed by atoms with van der Waals surface area (Å²) in [5.41, 5.74) is 0. The number of aliphatic carboxylic acids is 1. The molecule has 0 radical (unpaired) electrons. The van der Waals surface area contributed by atoms with Gasteiger partial charge in [0.1, 0.15) is 6.54 Å². The second kappa shape index (κ2) is 5.34. The number of carbonyl (C=O) groups excluding carboxylic acids is 1. The van der Waals surface area contributed by atoms with E-state index in [0.717, 1.165) is 0 Å². The van der Waals surface area contributed by atoms with Crippen LogP contribution < -0.4 is 0 Å². The van der Waals surface area contributed by atoms with E-state index in [9.17, 15) is 9.59 Å². The van der Waals surface area contributed by atoms with Crippen molar-refractivity contribution in [3.05, 3.63) is 24.2 Å². The van der Waals surface area contributed by atoms with E-state index in [1.807, 2.05) is 13.8 Å². The number of nitrogens with zero attached hydrogens (tertiary/aromatic N) is 1. The molecule has 1 aromatic rings. The minimum atomic E-state index is -1.03. The van der Waals surface area contributed by atoms with Crippen LogP contribution in [0.2, 0.25) is 0 Å². The molecule has 0 bridgehead atoms. The van der Waals surface area contributed by atoms with Crippen LogP contribution in [0.4, 0.5) is 0 Å². The van der Waals surface area contributed by atoms with Gasteiger partial charge in [-0.2, -0.15) is 0 Å². The van der Waals surface area contributed by atoms with Gasteiger partial charge in [-0.25, -0.2) is 0 Å². The molecule has 0 aliphatic rings. The average Bonchev–Trinajstić information content (AvgIpc) is 2.77. The van der Waals surface area contributed by atoms with Gasteiger partial charge < -0.3 is 14.4 Å². The van der Waals surface area contributed by atoms with Crippen molar-refractivity contribution in [3.63, 3.8) is 0 Å². The lowest BCUT2D eigenvalue weighted by molar-refractivity contribution is -0.138. The fraction of sp³-hybridized carbons (Fsp3) is 0.455. The number of carboxylic acid groups (broad SMARTS) is 1. The van der Waals surface area contributed by atoms with Gasteiger partial charge in [0.05, 0.1) is 6.26 Å². The Labute approximate surface area is 93.7 Å². The van der Waals surface area contributed by atoms with E-state index in [-0.39, 0.29) is 24.3 Å². The maximum Gasteiger partial charge on any atom is 0.323 e. The first-order valence-corrected chi connectivity index (χ1v) is 5.12. The molecular formula is C11H15NO4. The maximum absolute atomic E-state index is 11.9. The van der Waals surface area contributed by atoms with Crippen LogP contribution in [0, 0.1) is 0 Å². The molecule has 16 heavy (non-hydrogen) atoms. The van der Waals surface area contributed by atoms with Crippen LogP contribution in [0.25, 0.3) is 0 Å². The predicted molar refractivity (Wildman–Crippen MR) is 57.1 cm³/mol. The quantitative estimate of drug-likeness (QED) is 0.826. The Morgan fingerprint density at radius 1 is 1.56 bits per heavy atom. The minimum absolute atomic E-state index is 0.131. The van der Waals surface area contributed by atoms with E-state index in [0.29, 0.717) is 6.42 Å². The van der Waals surface area contributed by atoms with Crippen molar-refractivity contribution < 1.29 is 19.1 Å². The van der Waals surface area contributed by atoms with Gasteiger partial charge in [0.25, 0.3) is 5.91 Å². The van der Waals surface area contributed by atoms with Crippen LogP contribution in [0.1, 0.15) is 30.8 Å². The Bertz CT molecular complexity index is 358. The molecule has 1 amide bonds. The molecule has 0 aliphatic heterocycles. The first-order valence-electron chi connectivity index (χ1n) is 5.12. The number of hydrogen-bond donors (Lipinski definition) is 1. The van der Waals surface area contributed by atoms with Crippen LogP contribution in [0.15, 0.2) is 22.8 Å². The molecule has 5 nitrogen and oxygen atoms in total. The van der Waals surface area contributed by atoms with Crippen molar-refractivity contribution in [3.8, 4) is 0 Å². The molecule has 1 heterocycles. The van der Waals surface area contributed by atoms with Gasteiger partial charge in [0.15, 0.2) is 5.76 Å². The highest BCUT2D eigenvalue weighted by Gasteiger charge is 2.24. The summed E-state index contributed by atoms with van der Waals surface area (Å²) in [6, 6.07) is 3.00. The number of carboxylic acids is 1. The molecule has 88 valence electrons. The van der Waals surface area contributed by atoms with E-state index >= 15 is 0 Å². The van der Waals surface area contributed by atoms with Crippen molar-refractivity contribution in [1.82, 2.24) is 4.90 Å². The summed E-state index contributed by atoms with van der Waals surface area (Å²) in [6.07, 6.45) is 2.09. The average molecular weight is 225 g/mol. The second-order valence-electron chi connectivity index (χ2n) is 3.56. The van der Waals surface area contributed by atoms with Gasteiger partial charge >= 0.3 is 5.97 Å². The fourth-order valence-electron chi connectivity index (χ4n) is 1.34. The smallest absolute Gasteiger partial charge is 0.323 e. The molecule has 1 rings (SSSR count). The van der Waals surface area contributed by atoms with E-state index < -0.39 is 5.97 Å². The normalized spacial score (nSPS) is 12.1. The van der Waals surface area contributed by atoms with Gasteiger partial charge in [-0.15, -0.1) is 0 Å². The lowest BCUT2D eigenvalue weighted by Crippen LogP contribution is -2.41. The Morgan fingerprint density at radius 3 is 2.69 bits per heavy atom. The molecule has 1 unspecified atom stereocenters. The Kier molecular flexibility index (Phi) is 4.10. The number of amides is 1. The molecule has 0 aliphatic carbocycles. The zero-order valence-electron chi connectivity index (χ0n) is 9.34. The number of furan rings is 1.